The van der Waals surface area contributed by atoms with Crippen molar-refractivity contribution in [1.29, 1.82) is 0 Å². The van der Waals surface area contributed by atoms with Crippen LogP contribution in [-0.4, -0.2) is 20.4 Å². The summed E-state index contributed by atoms with van der Waals surface area (Å²) in [4.78, 5) is 0. The monoisotopic (exact) mass is 664 g/mol. The van der Waals surface area contributed by atoms with Gasteiger partial charge in [-0.25, -0.2) is 0 Å². The molecule has 0 saturated heterocycles. The third kappa shape index (κ3) is 9.81. The molecule has 0 radical (unpaired) electrons. The SMILES string of the molecule is C[Si](=[Zr+2])CCCO[Si](C)(C)C.[Cl-].[Cl-].c1ccc2c(c1)[cH-]c1ccccc12.c1ccc2c(c1)[cH-]c1ccccc12. The molecule has 0 N–H and O–H groups in total. The van der Waals surface area contributed by atoms with Crippen molar-refractivity contribution in [3.63, 3.8) is 0 Å². The van der Waals surface area contributed by atoms with E-state index in [-0.39, 0.29) is 30.2 Å². The second-order valence-electron chi connectivity index (χ2n) is 10.5. The Bertz CT molecular complexity index is 1410. The van der Waals surface area contributed by atoms with E-state index in [1.807, 2.05) is 0 Å². The van der Waals surface area contributed by atoms with E-state index in [0.717, 1.165) is 6.61 Å². The van der Waals surface area contributed by atoms with Crippen LogP contribution in [0.1, 0.15) is 6.42 Å². The number of halogens is 2. The molecule has 0 unspecified atom stereocenters. The molecule has 0 aliphatic rings. The smallest absolute Gasteiger partial charge is 0.0771 e. The van der Waals surface area contributed by atoms with E-state index in [9.17, 15) is 0 Å². The molecule has 0 aliphatic carbocycles. The fraction of sp³-hybridized carbons (Fsp3) is 0.212. The maximum atomic E-state index is 5.74. The molecule has 39 heavy (non-hydrogen) atoms. The second-order valence-corrected chi connectivity index (χ2v) is 23.4. The van der Waals surface area contributed by atoms with E-state index in [0.29, 0.717) is 0 Å². The van der Waals surface area contributed by atoms with Gasteiger partial charge in [-0.05, 0) is 0 Å². The van der Waals surface area contributed by atoms with E-state index in [1.54, 1.807) is 23.3 Å². The van der Waals surface area contributed by atoms with Gasteiger partial charge in [0.15, 0.2) is 0 Å². The Morgan fingerprint density at radius 1 is 0.615 bits per heavy atom. The van der Waals surface area contributed by atoms with Gasteiger partial charge in [0.05, 0.1) is 0 Å². The molecular formula is C33H36Cl2OSi2Zr-2. The van der Waals surface area contributed by atoms with Gasteiger partial charge in [-0.2, -0.15) is 0 Å². The van der Waals surface area contributed by atoms with Crippen LogP contribution in [-0.2, 0) is 27.8 Å². The first-order valence-electron chi connectivity index (χ1n) is 13.1. The van der Waals surface area contributed by atoms with Crippen LogP contribution in [0.3, 0.4) is 0 Å². The third-order valence-electron chi connectivity index (χ3n) is 6.28. The minimum Gasteiger partial charge on any atom is -1.00 e. The zero-order valence-electron chi connectivity index (χ0n) is 23.2. The van der Waals surface area contributed by atoms with Crippen LogP contribution in [0.25, 0.3) is 43.1 Å². The van der Waals surface area contributed by atoms with Crippen LogP contribution in [0.5, 0.6) is 0 Å². The van der Waals surface area contributed by atoms with Crippen molar-refractivity contribution < 1.29 is 52.6 Å². The van der Waals surface area contributed by atoms with Gasteiger partial charge in [-0.3, -0.25) is 0 Å². The van der Waals surface area contributed by atoms with E-state index in [2.05, 4.69) is 135 Å². The Morgan fingerprint density at radius 3 is 1.21 bits per heavy atom. The van der Waals surface area contributed by atoms with Gasteiger partial charge in [-0.1, -0.05) is 72.8 Å². The topological polar surface area (TPSA) is 9.23 Å². The maximum Gasteiger partial charge on any atom is -0.0771 e. The summed E-state index contributed by atoms with van der Waals surface area (Å²) in [6.45, 7) is 10.2. The molecule has 6 rings (SSSR count). The maximum absolute atomic E-state index is 5.74. The molecular weight excluding hydrogens is 631 g/mol. The van der Waals surface area contributed by atoms with Crippen LogP contribution >= 0.6 is 0 Å². The van der Waals surface area contributed by atoms with Gasteiger partial charge in [0.2, 0.25) is 0 Å². The van der Waals surface area contributed by atoms with Gasteiger partial charge in [0, 0.05) is 0 Å². The van der Waals surface area contributed by atoms with Crippen LogP contribution in [0.15, 0.2) is 109 Å². The minimum atomic E-state index is -1.21. The summed E-state index contributed by atoms with van der Waals surface area (Å²) in [5.74, 6) is 0. The Balaban J connectivity index is 0.000000201. The van der Waals surface area contributed by atoms with Gasteiger partial charge < -0.3 is 24.8 Å². The average molecular weight is 667 g/mol. The van der Waals surface area contributed by atoms with Gasteiger partial charge >= 0.3 is 86.8 Å². The van der Waals surface area contributed by atoms with Crippen molar-refractivity contribution in [1.82, 2.24) is 0 Å². The van der Waals surface area contributed by atoms with Gasteiger partial charge in [0.1, 0.15) is 0 Å². The zero-order chi connectivity index (χ0) is 26.3. The van der Waals surface area contributed by atoms with Crippen LogP contribution in [0.4, 0.5) is 0 Å². The second kappa shape index (κ2) is 16.1. The van der Waals surface area contributed by atoms with Crippen LogP contribution < -0.4 is 24.8 Å². The van der Waals surface area contributed by atoms with Crippen molar-refractivity contribution >= 4 is 56.8 Å². The zero-order valence-corrected chi connectivity index (χ0v) is 29.1. The van der Waals surface area contributed by atoms with E-state index in [4.69, 9.17) is 4.43 Å². The van der Waals surface area contributed by atoms with Crippen molar-refractivity contribution in [2.75, 3.05) is 6.61 Å². The van der Waals surface area contributed by atoms with Crippen LogP contribution in [0.2, 0.25) is 32.2 Å². The molecule has 0 saturated carbocycles. The van der Waals surface area contributed by atoms with E-state index < -0.39 is 8.32 Å². The summed E-state index contributed by atoms with van der Waals surface area (Å²) in [5.41, 5.74) is 0.0734. The molecule has 6 aromatic carbocycles. The molecule has 0 amide bonds. The fourth-order valence-corrected chi connectivity index (χ4v) is 7.26. The third-order valence-corrected chi connectivity index (χ3v) is 10.3. The summed E-state index contributed by atoms with van der Waals surface area (Å²) in [6, 6.07) is 40.0. The minimum absolute atomic E-state index is 0. The Labute approximate surface area is 262 Å². The Morgan fingerprint density at radius 2 is 0.923 bits per heavy atom. The van der Waals surface area contributed by atoms with Gasteiger partial charge in [0.25, 0.3) is 0 Å². The standard InChI is InChI=1S/2C13H9.C7H18OSi2.2ClH.Zr/c2*1-3-7-12-10(5-1)9-11-6-2-4-8-13(11)12;1-9-7-5-6-8-10(2,3)4;;;/h2*1-9H;5-7H2,1-4H3;2*1H;/q2*-1;;;;+2/p-2. The van der Waals surface area contributed by atoms with Crippen molar-refractivity contribution in [3.8, 4) is 0 Å². The van der Waals surface area contributed by atoms with Crippen LogP contribution in [0, 0.1) is 0 Å². The largest absolute Gasteiger partial charge is 1.00 e. The van der Waals surface area contributed by atoms with E-state index >= 15 is 0 Å². The number of hydrogen-bond acceptors (Lipinski definition) is 1. The fourth-order valence-electron chi connectivity index (χ4n) is 4.52. The molecule has 0 heterocycles. The van der Waals surface area contributed by atoms with Crippen molar-refractivity contribution in [2.24, 2.45) is 0 Å². The van der Waals surface area contributed by atoms with E-state index in [1.165, 1.54) is 55.6 Å². The Kier molecular flexibility index (Phi) is 13.9. The summed E-state index contributed by atoms with van der Waals surface area (Å²) < 4.78 is 5.74. The molecule has 0 atom stereocenters. The summed E-state index contributed by atoms with van der Waals surface area (Å²) in [5, 5.41) is 10.8. The normalized spacial score (nSPS) is 10.7. The molecule has 0 spiro atoms. The molecule has 202 valence electrons. The number of fused-ring (bicyclic) bond motifs is 6. The molecule has 0 bridgehead atoms. The molecule has 6 aromatic rings. The quantitative estimate of drug-likeness (QED) is 0.155. The predicted octanol–water partition coefficient (Wildman–Crippen LogP) is 3.83. The Hall–Kier alpha value is -1.52. The van der Waals surface area contributed by atoms with Gasteiger partial charge in [-0.15, -0.1) is 79.5 Å². The van der Waals surface area contributed by atoms with Crippen molar-refractivity contribution in [3.05, 3.63) is 109 Å². The molecule has 0 aliphatic heterocycles. The summed E-state index contributed by atoms with van der Waals surface area (Å²) >= 11 is 1.76. The molecule has 1 nitrogen and oxygen atoms in total. The number of benzene rings is 4. The molecule has 0 aromatic heterocycles. The summed E-state index contributed by atoms with van der Waals surface area (Å²) in [6.07, 6.45) is 1.29. The number of rotatable bonds is 5. The first-order chi connectivity index (χ1) is 17.8. The first-order valence-corrected chi connectivity index (χ1v) is 22.4. The summed E-state index contributed by atoms with van der Waals surface area (Å²) in [7, 11) is -1.21. The molecule has 0 fully saturated rings. The number of hydrogen-bond donors (Lipinski definition) is 0. The molecule has 6 heteroatoms. The predicted molar refractivity (Wildman–Crippen MR) is 164 cm³/mol. The first kappa shape index (κ1) is 33.7. The average Bonchev–Trinajstić information content (AvgIpc) is 3.45. The van der Waals surface area contributed by atoms with Crippen molar-refractivity contribution in [2.45, 2.75) is 38.7 Å².